The summed E-state index contributed by atoms with van der Waals surface area (Å²) in [7, 11) is 0. The number of carbonyl (C=O) groups excluding carboxylic acids is 2. The third-order valence-electron chi connectivity index (χ3n) is 4.33. The molecule has 5 nitrogen and oxygen atoms in total. The van der Waals surface area contributed by atoms with E-state index >= 15 is 0 Å². The molecule has 1 N–H and O–H groups in total. The monoisotopic (exact) mass is 415 g/mol. The Labute approximate surface area is 174 Å². The van der Waals surface area contributed by atoms with Crippen LogP contribution in [0.1, 0.15) is 18.9 Å². The van der Waals surface area contributed by atoms with Gasteiger partial charge in [-0.15, -0.1) is 0 Å². The number of amides is 2. The average Bonchev–Trinajstić information content (AvgIpc) is 3.06. The minimum Gasteiger partial charge on any atom is -0.353 e. The molecule has 2 aromatic carbocycles. The molecule has 2 amide bonds. The van der Waals surface area contributed by atoms with Gasteiger partial charge in [0, 0.05) is 6.04 Å². The van der Waals surface area contributed by atoms with Crippen molar-refractivity contribution >= 4 is 46.0 Å². The summed E-state index contributed by atoms with van der Waals surface area (Å²) >= 11 is 7.46. The van der Waals surface area contributed by atoms with Gasteiger partial charge < -0.3 is 5.32 Å². The molecule has 0 saturated heterocycles. The van der Waals surface area contributed by atoms with Crippen LogP contribution in [0.2, 0.25) is 5.02 Å². The lowest BCUT2D eigenvalue weighted by Crippen LogP contribution is -2.36. The summed E-state index contributed by atoms with van der Waals surface area (Å²) in [5.41, 5.74) is 1.85. The standard InChI is InChI=1S/C21H22ClN3O2S/c1-15(11-12-16-7-3-2-4-8-16)24-19(26)14-28-21-23-13-20(27)25(21)18-10-6-5-9-17(18)22/h2-10,15H,11-14H2,1H3,(H,24,26)/t15-/m1/s1. The van der Waals surface area contributed by atoms with E-state index in [9.17, 15) is 9.59 Å². The number of hydrogen-bond acceptors (Lipinski definition) is 4. The lowest BCUT2D eigenvalue weighted by molar-refractivity contribution is -0.119. The van der Waals surface area contributed by atoms with E-state index in [1.54, 1.807) is 18.2 Å². The molecule has 1 aliphatic rings. The second kappa shape index (κ2) is 9.75. The lowest BCUT2D eigenvalue weighted by atomic mass is 10.1. The molecule has 3 rings (SSSR count). The highest BCUT2D eigenvalue weighted by Crippen LogP contribution is 2.30. The summed E-state index contributed by atoms with van der Waals surface area (Å²) in [5, 5.41) is 3.99. The van der Waals surface area contributed by atoms with Crippen LogP contribution in [0.4, 0.5) is 5.69 Å². The summed E-state index contributed by atoms with van der Waals surface area (Å²) in [6, 6.07) is 17.4. The number of aryl methyl sites for hydroxylation is 1. The number of halogens is 1. The molecule has 0 spiro atoms. The smallest absolute Gasteiger partial charge is 0.254 e. The maximum atomic E-state index is 12.3. The number of nitrogens with zero attached hydrogens (tertiary/aromatic N) is 2. The van der Waals surface area contributed by atoms with Gasteiger partial charge >= 0.3 is 0 Å². The number of amidine groups is 1. The van der Waals surface area contributed by atoms with E-state index in [0.29, 0.717) is 15.9 Å². The third kappa shape index (κ3) is 5.36. The molecule has 0 fully saturated rings. The first-order valence-electron chi connectivity index (χ1n) is 9.12. The Bertz CT molecular complexity index is 873. The molecule has 2 aromatic rings. The van der Waals surface area contributed by atoms with Gasteiger partial charge in [0.2, 0.25) is 5.91 Å². The van der Waals surface area contributed by atoms with Crippen molar-refractivity contribution in [2.24, 2.45) is 4.99 Å². The van der Waals surface area contributed by atoms with Gasteiger partial charge in [0.1, 0.15) is 6.54 Å². The fourth-order valence-corrected chi connectivity index (χ4v) is 3.96. The van der Waals surface area contributed by atoms with Crippen LogP contribution in [-0.4, -0.2) is 35.3 Å². The van der Waals surface area contributed by atoms with E-state index in [1.165, 1.54) is 22.2 Å². The van der Waals surface area contributed by atoms with E-state index in [-0.39, 0.29) is 30.2 Å². The lowest BCUT2D eigenvalue weighted by Gasteiger charge is -2.19. The van der Waals surface area contributed by atoms with Gasteiger partial charge in [0.15, 0.2) is 5.17 Å². The fourth-order valence-electron chi connectivity index (χ4n) is 2.91. The van der Waals surface area contributed by atoms with Crippen LogP contribution in [0.15, 0.2) is 59.6 Å². The van der Waals surface area contributed by atoms with Crippen molar-refractivity contribution in [1.82, 2.24) is 5.32 Å². The van der Waals surface area contributed by atoms with Crippen LogP contribution in [-0.2, 0) is 16.0 Å². The summed E-state index contributed by atoms with van der Waals surface area (Å²) in [6.45, 7) is 2.07. The molecule has 7 heteroatoms. The average molecular weight is 416 g/mol. The highest BCUT2D eigenvalue weighted by Gasteiger charge is 2.29. The van der Waals surface area contributed by atoms with E-state index in [0.717, 1.165) is 12.8 Å². The van der Waals surface area contributed by atoms with Gasteiger partial charge in [-0.2, -0.15) is 0 Å². The summed E-state index contributed by atoms with van der Waals surface area (Å²) in [6.07, 6.45) is 1.78. The Morgan fingerprint density at radius 2 is 1.93 bits per heavy atom. The van der Waals surface area contributed by atoms with Gasteiger partial charge in [0.25, 0.3) is 5.91 Å². The van der Waals surface area contributed by atoms with Crippen LogP contribution in [0.5, 0.6) is 0 Å². The van der Waals surface area contributed by atoms with Gasteiger partial charge in [0.05, 0.1) is 16.5 Å². The molecule has 1 heterocycles. The number of para-hydroxylation sites is 1. The number of carbonyl (C=O) groups is 2. The van der Waals surface area contributed by atoms with Crippen molar-refractivity contribution in [2.45, 2.75) is 25.8 Å². The van der Waals surface area contributed by atoms with Gasteiger partial charge in [-0.05, 0) is 37.5 Å². The van der Waals surface area contributed by atoms with E-state index in [2.05, 4.69) is 22.4 Å². The number of rotatable bonds is 7. The molecule has 0 aliphatic carbocycles. The molecule has 0 unspecified atom stereocenters. The zero-order valence-electron chi connectivity index (χ0n) is 15.6. The van der Waals surface area contributed by atoms with Crippen LogP contribution in [0, 0.1) is 0 Å². The fraction of sp³-hybridized carbons (Fsp3) is 0.286. The Morgan fingerprint density at radius 3 is 2.68 bits per heavy atom. The predicted octanol–water partition coefficient (Wildman–Crippen LogP) is 3.91. The molecular weight excluding hydrogens is 394 g/mol. The molecule has 0 saturated carbocycles. The molecular formula is C21H22ClN3O2S. The summed E-state index contributed by atoms with van der Waals surface area (Å²) in [4.78, 5) is 30.3. The highest BCUT2D eigenvalue weighted by molar-refractivity contribution is 8.14. The normalized spacial score (nSPS) is 14.7. The van der Waals surface area contributed by atoms with Crippen molar-refractivity contribution in [3.8, 4) is 0 Å². The van der Waals surface area contributed by atoms with Crippen LogP contribution in [0.25, 0.3) is 0 Å². The highest BCUT2D eigenvalue weighted by atomic mass is 35.5. The molecule has 146 valence electrons. The van der Waals surface area contributed by atoms with E-state index < -0.39 is 0 Å². The third-order valence-corrected chi connectivity index (χ3v) is 5.63. The van der Waals surface area contributed by atoms with Crippen LogP contribution >= 0.6 is 23.4 Å². The number of hydrogen-bond donors (Lipinski definition) is 1. The first-order chi connectivity index (χ1) is 13.5. The largest absolute Gasteiger partial charge is 0.353 e. The zero-order chi connectivity index (χ0) is 19.9. The van der Waals surface area contributed by atoms with Crippen LogP contribution < -0.4 is 10.2 Å². The Balaban J connectivity index is 1.49. The van der Waals surface area contributed by atoms with Crippen molar-refractivity contribution in [2.75, 3.05) is 17.2 Å². The van der Waals surface area contributed by atoms with Crippen LogP contribution in [0.3, 0.4) is 0 Å². The summed E-state index contributed by atoms with van der Waals surface area (Å²) < 4.78 is 0. The number of thioether (sulfide) groups is 1. The maximum Gasteiger partial charge on any atom is 0.254 e. The predicted molar refractivity (Wildman–Crippen MR) is 116 cm³/mol. The quantitative estimate of drug-likeness (QED) is 0.745. The van der Waals surface area contributed by atoms with E-state index in [4.69, 9.17) is 11.6 Å². The Kier molecular flexibility index (Phi) is 7.12. The van der Waals surface area contributed by atoms with Gasteiger partial charge in [-0.25, -0.2) is 0 Å². The number of benzene rings is 2. The van der Waals surface area contributed by atoms with Gasteiger partial charge in [-0.1, -0.05) is 65.8 Å². The topological polar surface area (TPSA) is 61.8 Å². The van der Waals surface area contributed by atoms with Gasteiger partial charge in [-0.3, -0.25) is 19.5 Å². The Morgan fingerprint density at radius 1 is 1.21 bits per heavy atom. The second-order valence-electron chi connectivity index (χ2n) is 6.56. The van der Waals surface area contributed by atoms with Crippen molar-refractivity contribution in [1.29, 1.82) is 0 Å². The first-order valence-corrected chi connectivity index (χ1v) is 10.5. The first kappa shape index (κ1) is 20.4. The SMILES string of the molecule is C[C@H](CCc1ccccc1)NC(=O)CSC1=NCC(=O)N1c1ccccc1Cl. The number of anilines is 1. The van der Waals surface area contributed by atoms with Crippen molar-refractivity contribution < 1.29 is 9.59 Å². The Hall–Kier alpha value is -2.31. The number of aliphatic imine (C=N–C) groups is 1. The molecule has 28 heavy (non-hydrogen) atoms. The number of nitrogens with one attached hydrogen (secondary N) is 1. The molecule has 1 atom stereocenters. The maximum absolute atomic E-state index is 12.3. The molecule has 0 radical (unpaired) electrons. The van der Waals surface area contributed by atoms with Crippen molar-refractivity contribution in [3.05, 3.63) is 65.2 Å². The van der Waals surface area contributed by atoms with E-state index in [1.807, 2.05) is 31.2 Å². The minimum atomic E-state index is -0.146. The minimum absolute atomic E-state index is 0.0696. The molecule has 0 aromatic heterocycles. The second-order valence-corrected chi connectivity index (χ2v) is 7.91. The van der Waals surface area contributed by atoms with Crippen molar-refractivity contribution in [3.63, 3.8) is 0 Å². The summed E-state index contributed by atoms with van der Waals surface area (Å²) in [5.74, 6) is -0.0260. The molecule has 1 aliphatic heterocycles. The molecule has 0 bridgehead atoms. The zero-order valence-corrected chi connectivity index (χ0v) is 17.2.